The van der Waals surface area contributed by atoms with Crippen LogP contribution in [0.1, 0.15) is 10.4 Å². The summed E-state index contributed by atoms with van der Waals surface area (Å²) in [4.78, 5) is 14.6. The van der Waals surface area contributed by atoms with E-state index in [0.29, 0.717) is 10.9 Å². The minimum absolute atomic E-state index is 0.0253. The fraction of sp³-hybridized carbons (Fsp3) is 0.111. The number of aromatic hydroxyl groups is 1. The van der Waals surface area contributed by atoms with E-state index < -0.39 is 5.97 Å². The van der Waals surface area contributed by atoms with E-state index in [2.05, 4.69) is 4.99 Å². The zero-order valence-corrected chi connectivity index (χ0v) is 8.78. The zero-order chi connectivity index (χ0) is 11.4. The average Bonchev–Trinajstić information content (AvgIpc) is 2.16. The lowest BCUT2D eigenvalue weighted by Crippen LogP contribution is -2.04. The SMILES string of the molecule is CSC(N)=Nc1cc(O)cc(C(=O)O)c1. The number of aromatic carboxylic acids is 1. The maximum atomic E-state index is 10.7. The zero-order valence-electron chi connectivity index (χ0n) is 7.97. The number of carbonyl (C=O) groups is 1. The number of hydrogen-bond donors (Lipinski definition) is 3. The van der Waals surface area contributed by atoms with Crippen LogP contribution in [-0.4, -0.2) is 27.6 Å². The van der Waals surface area contributed by atoms with Crippen LogP contribution in [0.3, 0.4) is 0 Å². The van der Waals surface area contributed by atoms with Crippen LogP contribution in [-0.2, 0) is 0 Å². The Balaban J connectivity index is 3.15. The molecule has 5 nitrogen and oxygen atoms in total. The molecule has 0 aliphatic carbocycles. The topological polar surface area (TPSA) is 95.9 Å². The van der Waals surface area contributed by atoms with Gasteiger partial charge in [0.15, 0.2) is 5.17 Å². The monoisotopic (exact) mass is 226 g/mol. The number of carboxylic acid groups (broad SMARTS) is 1. The molecule has 0 unspecified atom stereocenters. The van der Waals surface area contributed by atoms with E-state index in [1.54, 1.807) is 6.26 Å². The molecule has 0 aliphatic rings. The summed E-state index contributed by atoms with van der Waals surface area (Å²) in [6, 6.07) is 3.83. The summed E-state index contributed by atoms with van der Waals surface area (Å²) >= 11 is 1.24. The van der Waals surface area contributed by atoms with Gasteiger partial charge in [0, 0.05) is 6.07 Å². The van der Waals surface area contributed by atoms with Crippen LogP contribution < -0.4 is 5.73 Å². The Bertz CT molecular complexity index is 418. The first-order valence-electron chi connectivity index (χ1n) is 3.98. The molecule has 0 saturated heterocycles. The molecule has 80 valence electrons. The molecule has 0 atom stereocenters. The van der Waals surface area contributed by atoms with Crippen molar-refractivity contribution < 1.29 is 15.0 Å². The van der Waals surface area contributed by atoms with Crippen LogP contribution in [0.4, 0.5) is 5.69 Å². The number of phenolic OH excluding ortho intramolecular Hbond substituents is 1. The number of carboxylic acids is 1. The summed E-state index contributed by atoms with van der Waals surface area (Å²) in [5, 5.41) is 18.3. The number of hydrogen-bond acceptors (Lipinski definition) is 4. The van der Waals surface area contributed by atoms with E-state index in [1.807, 2.05) is 0 Å². The summed E-state index contributed by atoms with van der Waals surface area (Å²) in [6.07, 6.45) is 1.75. The highest BCUT2D eigenvalue weighted by Crippen LogP contribution is 2.22. The normalized spacial score (nSPS) is 11.4. The number of amidine groups is 1. The van der Waals surface area contributed by atoms with Crippen molar-refractivity contribution in [3.05, 3.63) is 23.8 Å². The predicted octanol–water partition coefficient (Wildman–Crippen LogP) is 1.40. The second-order valence-corrected chi connectivity index (χ2v) is 3.52. The van der Waals surface area contributed by atoms with Gasteiger partial charge in [-0.3, -0.25) is 0 Å². The molecule has 0 heterocycles. The summed E-state index contributed by atoms with van der Waals surface area (Å²) in [5.41, 5.74) is 5.76. The number of phenols is 1. The molecule has 0 bridgehead atoms. The first-order valence-corrected chi connectivity index (χ1v) is 5.21. The second kappa shape index (κ2) is 4.70. The van der Waals surface area contributed by atoms with Gasteiger partial charge in [-0.25, -0.2) is 9.79 Å². The van der Waals surface area contributed by atoms with Crippen molar-refractivity contribution in [2.75, 3.05) is 6.26 Å². The quantitative estimate of drug-likeness (QED) is 0.523. The van der Waals surface area contributed by atoms with Gasteiger partial charge in [-0.1, -0.05) is 11.8 Å². The fourth-order valence-electron chi connectivity index (χ4n) is 0.956. The molecule has 1 rings (SSSR count). The van der Waals surface area contributed by atoms with Gasteiger partial charge < -0.3 is 15.9 Å². The first-order chi connectivity index (χ1) is 7.02. The number of thioether (sulfide) groups is 1. The molecule has 0 fully saturated rings. The van der Waals surface area contributed by atoms with Gasteiger partial charge in [0.2, 0.25) is 0 Å². The lowest BCUT2D eigenvalue weighted by atomic mass is 10.2. The second-order valence-electron chi connectivity index (χ2n) is 2.70. The molecule has 0 amide bonds. The Morgan fingerprint density at radius 2 is 2.13 bits per heavy atom. The lowest BCUT2D eigenvalue weighted by Gasteiger charge is -2.00. The Kier molecular flexibility index (Phi) is 3.56. The van der Waals surface area contributed by atoms with Gasteiger partial charge in [-0.05, 0) is 18.4 Å². The van der Waals surface area contributed by atoms with Crippen molar-refractivity contribution in [3.63, 3.8) is 0 Å². The lowest BCUT2D eigenvalue weighted by molar-refractivity contribution is 0.0696. The summed E-state index contributed by atoms with van der Waals surface area (Å²) < 4.78 is 0. The van der Waals surface area contributed by atoms with E-state index in [1.165, 1.54) is 23.9 Å². The largest absolute Gasteiger partial charge is 0.508 e. The van der Waals surface area contributed by atoms with Crippen LogP contribution in [0.25, 0.3) is 0 Å². The predicted molar refractivity (Wildman–Crippen MR) is 59.9 cm³/mol. The maximum Gasteiger partial charge on any atom is 0.335 e. The average molecular weight is 226 g/mol. The maximum absolute atomic E-state index is 10.7. The van der Waals surface area contributed by atoms with Crippen LogP contribution in [0.5, 0.6) is 5.75 Å². The summed E-state index contributed by atoms with van der Waals surface area (Å²) in [5.74, 6) is -1.27. The van der Waals surface area contributed by atoms with Gasteiger partial charge in [0.1, 0.15) is 5.75 Å². The molecule has 0 saturated carbocycles. The van der Waals surface area contributed by atoms with Gasteiger partial charge in [-0.2, -0.15) is 0 Å². The molecule has 0 aromatic heterocycles. The van der Waals surface area contributed by atoms with Gasteiger partial charge in [0.25, 0.3) is 0 Å². The van der Waals surface area contributed by atoms with Crippen molar-refractivity contribution in [2.24, 2.45) is 10.7 Å². The molecule has 4 N–H and O–H groups in total. The smallest absolute Gasteiger partial charge is 0.335 e. The van der Waals surface area contributed by atoms with Crippen molar-refractivity contribution in [1.29, 1.82) is 0 Å². The Morgan fingerprint density at radius 3 is 2.67 bits per heavy atom. The summed E-state index contributed by atoms with van der Waals surface area (Å²) in [7, 11) is 0. The number of nitrogens with two attached hydrogens (primary N) is 1. The van der Waals surface area contributed by atoms with Gasteiger partial charge in [-0.15, -0.1) is 0 Å². The van der Waals surface area contributed by atoms with Crippen molar-refractivity contribution in [1.82, 2.24) is 0 Å². The van der Waals surface area contributed by atoms with Crippen molar-refractivity contribution in [3.8, 4) is 5.75 Å². The molecule has 0 radical (unpaired) electrons. The molecule has 1 aromatic rings. The van der Waals surface area contributed by atoms with Crippen molar-refractivity contribution in [2.45, 2.75) is 0 Å². The molecular weight excluding hydrogens is 216 g/mol. The van der Waals surface area contributed by atoms with Crippen molar-refractivity contribution >= 4 is 28.6 Å². The molecule has 0 spiro atoms. The third kappa shape index (κ3) is 3.17. The third-order valence-electron chi connectivity index (χ3n) is 1.60. The third-order valence-corrected chi connectivity index (χ3v) is 2.11. The highest BCUT2D eigenvalue weighted by atomic mass is 32.2. The fourth-order valence-corrected chi connectivity index (χ4v) is 1.15. The molecule has 6 heteroatoms. The first kappa shape index (κ1) is 11.4. The Morgan fingerprint density at radius 1 is 1.47 bits per heavy atom. The van der Waals surface area contributed by atoms with Crippen LogP contribution >= 0.6 is 11.8 Å². The van der Waals surface area contributed by atoms with Gasteiger partial charge in [0.05, 0.1) is 11.3 Å². The highest BCUT2D eigenvalue weighted by Gasteiger charge is 2.06. The number of aliphatic imine (C=N–C) groups is 1. The number of benzene rings is 1. The van der Waals surface area contributed by atoms with Crippen LogP contribution in [0.2, 0.25) is 0 Å². The molecular formula is C9H10N2O3S. The van der Waals surface area contributed by atoms with Crippen LogP contribution in [0, 0.1) is 0 Å². The summed E-state index contributed by atoms with van der Waals surface area (Å²) in [6.45, 7) is 0. The number of nitrogens with zero attached hydrogens (tertiary/aromatic N) is 1. The van der Waals surface area contributed by atoms with Gasteiger partial charge >= 0.3 is 5.97 Å². The Hall–Kier alpha value is -1.69. The standard InChI is InChI=1S/C9H10N2O3S/c1-15-9(10)11-6-2-5(8(13)14)3-7(12)4-6/h2-4,12H,1H3,(H2,10,11)(H,13,14). The van der Waals surface area contributed by atoms with Crippen LogP contribution in [0.15, 0.2) is 23.2 Å². The van der Waals surface area contributed by atoms with E-state index in [0.717, 1.165) is 6.07 Å². The molecule has 1 aromatic carbocycles. The minimum atomic E-state index is -1.12. The number of rotatable bonds is 2. The van der Waals surface area contributed by atoms with E-state index in [-0.39, 0.29) is 11.3 Å². The molecule has 0 aliphatic heterocycles. The minimum Gasteiger partial charge on any atom is -0.508 e. The Labute approximate surface area is 90.6 Å². The van der Waals surface area contributed by atoms with E-state index >= 15 is 0 Å². The molecule has 15 heavy (non-hydrogen) atoms. The van der Waals surface area contributed by atoms with E-state index in [9.17, 15) is 9.90 Å². The van der Waals surface area contributed by atoms with E-state index in [4.69, 9.17) is 10.8 Å². The highest BCUT2D eigenvalue weighted by molar-refractivity contribution is 8.13.